The van der Waals surface area contributed by atoms with Crippen molar-refractivity contribution in [1.29, 1.82) is 0 Å². The van der Waals surface area contributed by atoms with Gasteiger partial charge in [0.25, 0.3) is 0 Å². The lowest BCUT2D eigenvalue weighted by Gasteiger charge is -2.37. The van der Waals surface area contributed by atoms with E-state index in [9.17, 15) is 4.79 Å². The lowest BCUT2D eigenvalue weighted by atomic mass is 9.86. The molecular weight excluding hydrogens is 344 g/mol. The highest BCUT2D eigenvalue weighted by atomic mass is 16.1. The third-order valence-electron chi connectivity index (χ3n) is 7.19. The summed E-state index contributed by atoms with van der Waals surface area (Å²) >= 11 is 0. The van der Waals surface area contributed by atoms with Crippen LogP contribution in [0, 0.1) is 0 Å². The summed E-state index contributed by atoms with van der Waals surface area (Å²) < 4.78 is 0. The van der Waals surface area contributed by atoms with Crippen LogP contribution in [0.25, 0.3) is 0 Å². The number of anilines is 2. The highest BCUT2D eigenvalue weighted by Gasteiger charge is 2.28. The first-order chi connectivity index (χ1) is 13.8. The van der Waals surface area contributed by atoms with E-state index in [0.717, 1.165) is 36.8 Å². The van der Waals surface area contributed by atoms with Crippen LogP contribution >= 0.6 is 0 Å². The van der Waals surface area contributed by atoms with Crippen LogP contribution in [0.15, 0.2) is 24.3 Å². The van der Waals surface area contributed by atoms with E-state index < -0.39 is 0 Å². The first-order valence-corrected chi connectivity index (χ1v) is 11.1. The van der Waals surface area contributed by atoms with Crippen LogP contribution in [-0.2, 0) is 25.7 Å². The predicted octanol–water partition coefficient (Wildman–Crippen LogP) is 4.32. The highest BCUT2D eigenvalue weighted by molar-refractivity contribution is 6.10. The van der Waals surface area contributed by atoms with Gasteiger partial charge in [-0.25, -0.2) is 0 Å². The molecule has 2 aromatic rings. The molecule has 0 aliphatic carbocycles. The Morgan fingerprint density at radius 1 is 0.571 bits per heavy atom. The molecule has 0 saturated carbocycles. The van der Waals surface area contributed by atoms with Crippen LogP contribution in [-0.4, -0.2) is 32.0 Å². The zero-order valence-corrected chi connectivity index (χ0v) is 16.6. The minimum atomic E-state index is 0.225. The maximum absolute atomic E-state index is 13.5. The quantitative estimate of drug-likeness (QED) is 0.734. The summed E-state index contributed by atoms with van der Waals surface area (Å²) in [5.41, 5.74) is 10.3. The van der Waals surface area contributed by atoms with Gasteiger partial charge in [-0.15, -0.1) is 0 Å². The van der Waals surface area contributed by atoms with E-state index in [1.807, 2.05) is 0 Å². The predicted molar refractivity (Wildman–Crippen MR) is 114 cm³/mol. The van der Waals surface area contributed by atoms with Gasteiger partial charge in [-0.2, -0.15) is 0 Å². The maximum atomic E-state index is 13.5. The van der Waals surface area contributed by atoms with Gasteiger partial charge < -0.3 is 9.80 Å². The number of carbonyl (C=O) groups excluding carboxylic acids is 1. The van der Waals surface area contributed by atoms with E-state index in [1.165, 1.54) is 85.5 Å². The Labute approximate surface area is 167 Å². The summed E-state index contributed by atoms with van der Waals surface area (Å²) in [5.74, 6) is 0.225. The zero-order valence-electron chi connectivity index (χ0n) is 16.6. The normalized spacial score (nSPS) is 19.9. The third-order valence-corrected chi connectivity index (χ3v) is 7.19. The number of ketones is 1. The molecule has 3 heteroatoms. The van der Waals surface area contributed by atoms with Gasteiger partial charge >= 0.3 is 0 Å². The number of hydrogen-bond acceptors (Lipinski definition) is 3. The van der Waals surface area contributed by atoms with E-state index >= 15 is 0 Å². The van der Waals surface area contributed by atoms with Crippen LogP contribution in [0.1, 0.15) is 63.9 Å². The highest BCUT2D eigenvalue weighted by Crippen LogP contribution is 2.38. The molecule has 0 amide bonds. The van der Waals surface area contributed by atoms with Crippen LogP contribution < -0.4 is 9.80 Å². The van der Waals surface area contributed by atoms with Crippen molar-refractivity contribution in [2.75, 3.05) is 36.0 Å². The van der Waals surface area contributed by atoms with E-state index in [2.05, 4.69) is 34.1 Å². The number of aryl methyl sites for hydroxylation is 4. The molecule has 4 aliphatic heterocycles. The molecule has 2 aromatic carbocycles. The van der Waals surface area contributed by atoms with Crippen LogP contribution in [0.3, 0.4) is 0 Å². The van der Waals surface area contributed by atoms with Crippen molar-refractivity contribution in [3.63, 3.8) is 0 Å². The Morgan fingerprint density at radius 2 is 0.893 bits per heavy atom. The zero-order chi connectivity index (χ0) is 18.7. The lowest BCUT2D eigenvalue weighted by molar-refractivity contribution is 0.103. The monoisotopic (exact) mass is 372 g/mol. The second kappa shape index (κ2) is 6.37. The first-order valence-electron chi connectivity index (χ1n) is 11.1. The molecule has 4 aliphatic rings. The molecule has 0 unspecified atom stereocenters. The van der Waals surface area contributed by atoms with Gasteiger partial charge in [0.05, 0.1) is 0 Å². The van der Waals surface area contributed by atoms with Crippen molar-refractivity contribution in [2.45, 2.75) is 51.4 Å². The van der Waals surface area contributed by atoms with Gasteiger partial charge in [0.1, 0.15) is 0 Å². The summed E-state index contributed by atoms with van der Waals surface area (Å²) in [6.45, 7) is 4.71. The molecule has 0 radical (unpaired) electrons. The van der Waals surface area contributed by atoms with E-state index in [0.29, 0.717) is 0 Å². The Hall–Kier alpha value is -2.29. The fourth-order valence-electron chi connectivity index (χ4n) is 6.04. The van der Waals surface area contributed by atoms with Crippen molar-refractivity contribution in [2.24, 2.45) is 0 Å². The number of carbonyl (C=O) groups is 1. The van der Waals surface area contributed by atoms with Crippen LogP contribution in [0.4, 0.5) is 11.4 Å². The first kappa shape index (κ1) is 16.6. The Bertz CT molecular complexity index is 837. The summed E-state index contributed by atoms with van der Waals surface area (Å²) in [7, 11) is 0. The Kier molecular flexibility index (Phi) is 3.78. The van der Waals surface area contributed by atoms with Gasteiger partial charge in [-0.3, -0.25) is 4.79 Å². The molecule has 28 heavy (non-hydrogen) atoms. The van der Waals surface area contributed by atoms with Gasteiger partial charge in [0, 0.05) is 48.7 Å². The Morgan fingerprint density at radius 3 is 1.21 bits per heavy atom. The Balaban J connectivity index is 1.43. The summed E-state index contributed by atoms with van der Waals surface area (Å²) in [6.07, 6.45) is 9.31. The van der Waals surface area contributed by atoms with Crippen molar-refractivity contribution in [3.8, 4) is 0 Å². The minimum Gasteiger partial charge on any atom is -0.371 e. The molecule has 144 valence electrons. The van der Waals surface area contributed by atoms with Gasteiger partial charge in [-0.05, 0) is 97.9 Å². The fraction of sp³-hybridized carbons (Fsp3) is 0.480. The number of benzene rings is 2. The molecule has 0 aromatic heterocycles. The van der Waals surface area contributed by atoms with Crippen LogP contribution in [0.5, 0.6) is 0 Å². The molecule has 0 bridgehead atoms. The summed E-state index contributed by atoms with van der Waals surface area (Å²) in [5, 5.41) is 0. The topological polar surface area (TPSA) is 23.6 Å². The summed E-state index contributed by atoms with van der Waals surface area (Å²) in [6, 6.07) is 8.82. The molecule has 0 atom stereocenters. The number of nitrogens with zero attached hydrogens (tertiary/aromatic N) is 2. The number of rotatable bonds is 2. The standard InChI is InChI=1S/C25H28N2O/c28-25(21-13-17-5-1-9-26-10-2-6-18(14-21)23(17)26)22-15-19-7-3-11-27-12-4-8-20(16-22)24(19)27/h13-16H,1-12H2. The summed E-state index contributed by atoms with van der Waals surface area (Å²) in [4.78, 5) is 18.6. The van der Waals surface area contributed by atoms with Crippen molar-refractivity contribution in [1.82, 2.24) is 0 Å². The van der Waals surface area contributed by atoms with Gasteiger partial charge in [0.15, 0.2) is 5.78 Å². The fourth-order valence-corrected chi connectivity index (χ4v) is 6.04. The van der Waals surface area contributed by atoms with Crippen molar-refractivity contribution in [3.05, 3.63) is 57.6 Å². The second-order valence-electron chi connectivity index (χ2n) is 9.00. The maximum Gasteiger partial charge on any atom is 0.193 e. The molecule has 0 N–H and O–H groups in total. The number of hydrogen-bond donors (Lipinski definition) is 0. The molecular formula is C25H28N2O. The average molecular weight is 373 g/mol. The molecule has 0 fully saturated rings. The van der Waals surface area contributed by atoms with E-state index in [-0.39, 0.29) is 5.78 Å². The van der Waals surface area contributed by atoms with Crippen molar-refractivity contribution < 1.29 is 4.79 Å². The smallest absolute Gasteiger partial charge is 0.193 e. The average Bonchev–Trinajstić information content (AvgIpc) is 2.74. The largest absolute Gasteiger partial charge is 0.371 e. The van der Waals surface area contributed by atoms with Crippen LogP contribution in [0.2, 0.25) is 0 Å². The van der Waals surface area contributed by atoms with E-state index in [4.69, 9.17) is 0 Å². The van der Waals surface area contributed by atoms with Crippen molar-refractivity contribution >= 4 is 17.2 Å². The van der Waals surface area contributed by atoms with Gasteiger partial charge in [-0.1, -0.05) is 0 Å². The molecule has 6 rings (SSSR count). The molecule has 0 spiro atoms. The van der Waals surface area contributed by atoms with E-state index in [1.54, 1.807) is 0 Å². The third kappa shape index (κ3) is 2.52. The second-order valence-corrected chi connectivity index (χ2v) is 9.00. The SMILES string of the molecule is O=C(c1cc2c3c(c1)CCCN3CCC2)c1cc2c3c(c1)CCCN3CCC2. The lowest BCUT2D eigenvalue weighted by Crippen LogP contribution is -2.35. The molecule has 4 heterocycles. The molecule has 0 saturated heterocycles. The molecule has 3 nitrogen and oxygen atoms in total. The minimum absolute atomic E-state index is 0.225. The van der Waals surface area contributed by atoms with Gasteiger partial charge in [0.2, 0.25) is 0 Å².